The molecule has 1 aliphatic rings. The van der Waals surface area contributed by atoms with Crippen molar-refractivity contribution in [3.63, 3.8) is 0 Å². The molecule has 0 radical (unpaired) electrons. The van der Waals surface area contributed by atoms with Gasteiger partial charge in [0, 0.05) is 25.5 Å². The van der Waals surface area contributed by atoms with Gasteiger partial charge in [0.2, 0.25) is 0 Å². The number of rotatable bonds is 3. The number of likely N-dealkylation sites (tertiary alicyclic amines) is 1. The molecule has 3 rings (SSSR count). The third kappa shape index (κ3) is 2.91. The highest BCUT2D eigenvalue weighted by Gasteiger charge is 2.31. The van der Waals surface area contributed by atoms with E-state index in [1.807, 2.05) is 49.3 Å². The Balaban J connectivity index is 1.82. The van der Waals surface area contributed by atoms with Crippen LogP contribution in [0.25, 0.3) is 0 Å². The molecule has 2 amide bonds. The fraction of sp³-hybridized carbons (Fsp3) is 0.389. The molecule has 0 spiro atoms. The van der Waals surface area contributed by atoms with E-state index in [2.05, 4.69) is 16.0 Å². The Morgan fingerprint density at radius 3 is 2.83 bits per heavy atom. The van der Waals surface area contributed by atoms with Crippen LogP contribution in [-0.4, -0.2) is 29.2 Å². The predicted octanol–water partition coefficient (Wildman–Crippen LogP) is 3.71. The molecule has 1 saturated heterocycles. The molecule has 0 bridgehead atoms. The summed E-state index contributed by atoms with van der Waals surface area (Å²) in [4.78, 5) is 14.7. The van der Waals surface area contributed by atoms with Crippen LogP contribution in [0.3, 0.4) is 0 Å². The topological polar surface area (TPSA) is 46.5 Å². The Bertz CT molecular complexity index is 708. The largest absolute Gasteiger partial charge is 0.495 e. The molecule has 1 unspecified atom stereocenters. The van der Waals surface area contributed by atoms with Crippen LogP contribution in [0.4, 0.5) is 10.5 Å². The molecule has 5 nitrogen and oxygen atoms in total. The normalized spacial score (nSPS) is 17.3. The van der Waals surface area contributed by atoms with E-state index in [1.165, 1.54) is 5.69 Å². The van der Waals surface area contributed by atoms with Gasteiger partial charge in [-0.2, -0.15) is 0 Å². The number of benzene rings is 1. The zero-order valence-electron chi connectivity index (χ0n) is 13.9. The van der Waals surface area contributed by atoms with Crippen molar-refractivity contribution in [2.75, 3.05) is 19.0 Å². The molecule has 1 atom stereocenters. The fourth-order valence-electron chi connectivity index (χ4n) is 3.29. The van der Waals surface area contributed by atoms with Crippen molar-refractivity contribution < 1.29 is 9.53 Å². The summed E-state index contributed by atoms with van der Waals surface area (Å²) < 4.78 is 7.46. The van der Waals surface area contributed by atoms with E-state index in [0.29, 0.717) is 5.75 Å². The van der Waals surface area contributed by atoms with Crippen molar-refractivity contribution in [3.8, 4) is 5.75 Å². The minimum atomic E-state index is -0.0682. The average molecular weight is 313 g/mol. The average Bonchev–Trinajstić information content (AvgIpc) is 3.17. The highest BCUT2D eigenvalue weighted by atomic mass is 16.5. The minimum absolute atomic E-state index is 0.0682. The Kier molecular flexibility index (Phi) is 4.28. The molecule has 5 heteroatoms. The fourth-order valence-corrected chi connectivity index (χ4v) is 3.29. The maximum absolute atomic E-state index is 12.8. The number of aromatic nitrogens is 1. The van der Waals surface area contributed by atoms with Gasteiger partial charge in [-0.3, -0.25) is 0 Å². The second-order valence-electron chi connectivity index (χ2n) is 5.98. The Hall–Kier alpha value is -2.43. The van der Waals surface area contributed by atoms with Crippen molar-refractivity contribution in [1.82, 2.24) is 9.47 Å². The third-order valence-corrected chi connectivity index (χ3v) is 4.53. The number of hydrogen-bond acceptors (Lipinski definition) is 2. The van der Waals surface area contributed by atoms with E-state index in [0.717, 1.165) is 30.6 Å². The number of hydrogen-bond donors (Lipinski definition) is 1. The van der Waals surface area contributed by atoms with Crippen molar-refractivity contribution in [2.24, 2.45) is 7.05 Å². The first-order chi connectivity index (χ1) is 11.1. The van der Waals surface area contributed by atoms with Gasteiger partial charge in [-0.25, -0.2) is 4.79 Å². The van der Waals surface area contributed by atoms with E-state index < -0.39 is 0 Å². The van der Waals surface area contributed by atoms with Crippen LogP contribution in [-0.2, 0) is 7.05 Å². The number of urea groups is 1. The lowest BCUT2D eigenvalue weighted by molar-refractivity contribution is 0.205. The van der Waals surface area contributed by atoms with Crippen molar-refractivity contribution in [2.45, 2.75) is 25.8 Å². The molecule has 2 aromatic rings. The monoisotopic (exact) mass is 313 g/mol. The molecule has 1 aromatic carbocycles. The number of amides is 2. The van der Waals surface area contributed by atoms with Gasteiger partial charge in [0.15, 0.2) is 0 Å². The number of aryl methyl sites for hydroxylation is 2. The maximum Gasteiger partial charge on any atom is 0.322 e. The number of para-hydroxylation sites is 1. The lowest BCUT2D eigenvalue weighted by Crippen LogP contribution is -2.35. The van der Waals surface area contributed by atoms with Gasteiger partial charge in [0.25, 0.3) is 0 Å². The van der Waals surface area contributed by atoms with Crippen molar-refractivity contribution >= 4 is 11.7 Å². The second-order valence-corrected chi connectivity index (χ2v) is 5.98. The first kappa shape index (κ1) is 15.5. The number of methoxy groups -OCH3 is 1. The number of ether oxygens (including phenoxy) is 1. The molecular weight excluding hydrogens is 290 g/mol. The van der Waals surface area contributed by atoms with E-state index >= 15 is 0 Å². The summed E-state index contributed by atoms with van der Waals surface area (Å²) in [5, 5.41) is 3.04. The van der Waals surface area contributed by atoms with Gasteiger partial charge < -0.3 is 19.5 Å². The highest BCUT2D eigenvalue weighted by Crippen LogP contribution is 2.34. The number of carbonyl (C=O) groups excluding carboxylic acids is 1. The van der Waals surface area contributed by atoms with Crippen LogP contribution in [0.1, 0.15) is 30.1 Å². The quantitative estimate of drug-likeness (QED) is 0.939. The lowest BCUT2D eigenvalue weighted by Gasteiger charge is -2.26. The van der Waals surface area contributed by atoms with Crippen LogP contribution in [0.2, 0.25) is 0 Å². The molecule has 0 aliphatic carbocycles. The highest BCUT2D eigenvalue weighted by molar-refractivity contribution is 5.92. The van der Waals surface area contributed by atoms with Gasteiger partial charge in [0.1, 0.15) is 5.75 Å². The van der Waals surface area contributed by atoms with Crippen LogP contribution in [0.15, 0.2) is 36.5 Å². The van der Waals surface area contributed by atoms with E-state index in [-0.39, 0.29) is 12.1 Å². The Morgan fingerprint density at radius 1 is 1.30 bits per heavy atom. The van der Waals surface area contributed by atoms with Gasteiger partial charge in [-0.1, -0.05) is 12.1 Å². The van der Waals surface area contributed by atoms with Gasteiger partial charge in [-0.15, -0.1) is 0 Å². The summed E-state index contributed by atoms with van der Waals surface area (Å²) >= 11 is 0. The van der Waals surface area contributed by atoms with Crippen molar-refractivity contribution in [3.05, 3.63) is 47.8 Å². The Morgan fingerprint density at radius 2 is 2.13 bits per heavy atom. The number of nitrogens with one attached hydrogen (secondary N) is 1. The standard InChI is InChI=1S/C18H23N3O2/c1-13-7-4-10-16(23-3)17(13)19-18(22)21-12-6-9-15(21)14-8-5-11-20(14)2/h4-5,7-8,10-11,15H,6,9,12H2,1-3H3,(H,19,22). The molecule has 1 aromatic heterocycles. The minimum Gasteiger partial charge on any atom is -0.495 e. The third-order valence-electron chi connectivity index (χ3n) is 4.53. The molecule has 0 saturated carbocycles. The first-order valence-electron chi connectivity index (χ1n) is 7.94. The van der Waals surface area contributed by atoms with E-state index in [4.69, 9.17) is 4.74 Å². The zero-order chi connectivity index (χ0) is 16.4. The van der Waals surface area contributed by atoms with Crippen LogP contribution in [0, 0.1) is 6.92 Å². The summed E-state index contributed by atoms with van der Waals surface area (Å²) in [5.41, 5.74) is 2.92. The zero-order valence-corrected chi connectivity index (χ0v) is 13.9. The Labute approximate surface area is 136 Å². The molecule has 2 heterocycles. The number of carbonyl (C=O) groups is 1. The van der Waals surface area contributed by atoms with Crippen molar-refractivity contribution in [1.29, 1.82) is 0 Å². The summed E-state index contributed by atoms with van der Waals surface area (Å²) in [7, 11) is 3.64. The molecule has 23 heavy (non-hydrogen) atoms. The number of nitrogens with zero attached hydrogens (tertiary/aromatic N) is 2. The summed E-state index contributed by atoms with van der Waals surface area (Å²) in [6.45, 7) is 2.74. The SMILES string of the molecule is COc1cccc(C)c1NC(=O)N1CCCC1c1cccn1C. The molecule has 1 N–H and O–H groups in total. The van der Waals surface area contributed by atoms with E-state index in [1.54, 1.807) is 7.11 Å². The lowest BCUT2D eigenvalue weighted by atomic mass is 10.1. The first-order valence-corrected chi connectivity index (χ1v) is 7.94. The van der Waals surface area contributed by atoms with Crippen LogP contribution in [0.5, 0.6) is 5.75 Å². The van der Waals surface area contributed by atoms with Gasteiger partial charge in [0.05, 0.1) is 18.8 Å². The summed E-state index contributed by atoms with van der Waals surface area (Å²) in [5.74, 6) is 0.688. The smallest absolute Gasteiger partial charge is 0.322 e. The predicted molar refractivity (Wildman–Crippen MR) is 90.8 cm³/mol. The second kappa shape index (κ2) is 6.36. The summed E-state index contributed by atoms with van der Waals surface area (Å²) in [6.07, 6.45) is 4.04. The number of anilines is 1. The maximum atomic E-state index is 12.8. The summed E-state index contributed by atoms with van der Waals surface area (Å²) in [6, 6.07) is 9.93. The molecular formula is C18H23N3O2. The van der Waals surface area contributed by atoms with Gasteiger partial charge >= 0.3 is 6.03 Å². The molecule has 1 fully saturated rings. The molecule has 122 valence electrons. The molecule has 1 aliphatic heterocycles. The van der Waals surface area contributed by atoms with Gasteiger partial charge in [-0.05, 0) is 43.5 Å². The van der Waals surface area contributed by atoms with E-state index in [9.17, 15) is 4.79 Å². The van der Waals surface area contributed by atoms with Crippen LogP contribution < -0.4 is 10.1 Å². The van der Waals surface area contributed by atoms with Crippen LogP contribution >= 0.6 is 0 Å².